The molecule has 0 rings (SSSR count). The Bertz CT molecular complexity index is 154. The maximum atomic E-state index is 10.4. The molecular formula is C8H15NO3. The molecule has 0 bridgehead atoms. The van der Waals surface area contributed by atoms with E-state index in [1.807, 2.05) is 14.1 Å². The molecule has 0 aromatic heterocycles. The van der Waals surface area contributed by atoms with Crippen molar-refractivity contribution in [1.29, 1.82) is 0 Å². The summed E-state index contributed by atoms with van der Waals surface area (Å²) in [5.41, 5.74) is 0. The molecule has 0 atom stereocenters. The van der Waals surface area contributed by atoms with Crippen LogP contribution in [0.3, 0.4) is 0 Å². The molecule has 0 aliphatic heterocycles. The summed E-state index contributed by atoms with van der Waals surface area (Å²) < 4.78 is 9.83. The number of ether oxygens (including phenoxy) is 2. The number of allylic oxidation sites excluding steroid dienone is 1. The standard InChI is InChI=1S/C8H15NO3/c1-9(2)6-8(7-10)12-5-4-11-3/h6-7H,4-5H2,1-3H3. The van der Waals surface area contributed by atoms with Gasteiger partial charge in [0.25, 0.3) is 0 Å². The lowest BCUT2D eigenvalue weighted by Crippen LogP contribution is -2.08. The number of carbonyl (C=O) groups excluding carboxylic acids is 1. The summed E-state index contributed by atoms with van der Waals surface area (Å²) in [6.45, 7) is 0.882. The first-order chi connectivity index (χ1) is 5.70. The molecule has 0 unspecified atom stereocenters. The molecule has 4 nitrogen and oxygen atoms in total. The fourth-order valence-corrected chi connectivity index (χ4v) is 0.599. The van der Waals surface area contributed by atoms with Crippen molar-refractivity contribution in [1.82, 2.24) is 4.90 Å². The van der Waals surface area contributed by atoms with E-state index in [4.69, 9.17) is 9.47 Å². The van der Waals surface area contributed by atoms with Crippen molar-refractivity contribution in [3.63, 3.8) is 0 Å². The minimum absolute atomic E-state index is 0.317. The number of rotatable bonds is 6. The minimum Gasteiger partial charge on any atom is -0.486 e. The van der Waals surface area contributed by atoms with Crippen molar-refractivity contribution >= 4 is 6.29 Å². The molecule has 0 saturated carbocycles. The van der Waals surface area contributed by atoms with Crippen molar-refractivity contribution in [2.24, 2.45) is 0 Å². The Morgan fingerprint density at radius 2 is 2.08 bits per heavy atom. The number of aldehydes is 1. The first-order valence-electron chi connectivity index (χ1n) is 3.66. The molecule has 0 aromatic rings. The summed E-state index contributed by atoms with van der Waals surface area (Å²) in [6.07, 6.45) is 2.29. The summed E-state index contributed by atoms with van der Waals surface area (Å²) in [4.78, 5) is 12.1. The van der Waals surface area contributed by atoms with E-state index in [1.54, 1.807) is 18.2 Å². The number of hydrogen-bond acceptors (Lipinski definition) is 4. The second-order valence-corrected chi connectivity index (χ2v) is 2.45. The highest BCUT2D eigenvalue weighted by molar-refractivity contribution is 5.69. The van der Waals surface area contributed by atoms with Gasteiger partial charge in [0.1, 0.15) is 6.61 Å². The van der Waals surface area contributed by atoms with Gasteiger partial charge in [-0.1, -0.05) is 0 Å². The summed E-state index contributed by atoms with van der Waals surface area (Å²) in [5.74, 6) is 0.317. The predicted octanol–water partition coefficient (Wildman–Crippen LogP) is 0.251. The van der Waals surface area contributed by atoms with E-state index < -0.39 is 0 Å². The molecule has 0 aliphatic rings. The van der Waals surface area contributed by atoms with Crippen LogP contribution in [0.5, 0.6) is 0 Å². The third-order valence-electron chi connectivity index (χ3n) is 1.06. The van der Waals surface area contributed by atoms with Gasteiger partial charge in [-0.25, -0.2) is 0 Å². The molecule has 4 heteroatoms. The van der Waals surface area contributed by atoms with Crippen molar-refractivity contribution in [2.75, 3.05) is 34.4 Å². The Morgan fingerprint density at radius 1 is 1.42 bits per heavy atom. The van der Waals surface area contributed by atoms with Crippen LogP contribution in [-0.2, 0) is 14.3 Å². The average molecular weight is 173 g/mol. The van der Waals surface area contributed by atoms with Crippen LogP contribution in [0.4, 0.5) is 0 Å². The largest absolute Gasteiger partial charge is 0.486 e. The van der Waals surface area contributed by atoms with Gasteiger partial charge in [-0.2, -0.15) is 0 Å². The van der Waals surface area contributed by atoms with E-state index in [0.717, 1.165) is 0 Å². The monoisotopic (exact) mass is 173 g/mol. The zero-order chi connectivity index (χ0) is 9.40. The lowest BCUT2D eigenvalue weighted by atomic mass is 10.5. The third-order valence-corrected chi connectivity index (χ3v) is 1.06. The van der Waals surface area contributed by atoms with Crippen LogP contribution in [0, 0.1) is 0 Å². The SMILES string of the molecule is COCCOC(C=O)=CN(C)C. The van der Waals surface area contributed by atoms with Crippen LogP contribution in [0.1, 0.15) is 0 Å². The highest BCUT2D eigenvalue weighted by atomic mass is 16.5. The molecule has 0 amide bonds. The van der Waals surface area contributed by atoms with Gasteiger partial charge in [0, 0.05) is 27.4 Å². The van der Waals surface area contributed by atoms with E-state index >= 15 is 0 Å². The predicted molar refractivity (Wildman–Crippen MR) is 45.7 cm³/mol. The van der Waals surface area contributed by atoms with Gasteiger partial charge in [-0.3, -0.25) is 4.79 Å². The minimum atomic E-state index is 0.317. The van der Waals surface area contributed by atoms with Crippen LogP contribution >= 0.6 is 0 Å². The van der Waals surface area contributed by atoms with Gasteiger partial charge in [-0.05, 0) is 0 Å². The Labute approximate surface area is 72.8 Å². The average Bonchev–Trinajstić information content (AvgIpc) is 2.02. The quantitative estimate of drug-likeness (QED) is 0.250. The maximum Gasteiger partial charge on any atom is 0.186 e. The van der Waals surface area contributed by atoms with Crippen molar-refractivity contribution in [3.8, 4) is 0 Å². The molecule has 0 radical (unpaired) electrons. The second kappa shape index (κ2) is 6.67. The fraction of sp³-hybridized carbons (Fsp3) is 0.625. The summed E-state index contributed by atoms with van der Waals surface area (Å²) in [5, 5.41) is 0. The Kier molecular flexibility index (Phi) is 6.09. The maximum absolute atomic E-state index is 10.4. The molecule has 0 spiro atoms. The molecule has 0 fully saturated rings. The summed E-state index contributed by atoms with van der Waals surface area (Å²) in [7, 11) is 5.23. The van der Waals surface area contributed by atoms with Gasteiger partial charge in [0.2, 0.25) is 0 Å². The van der Waals surface area contributed by atoms with Crippen LogP contribution in [0.2, 0.25) is 0 Å². The number of nitrogens with zero attached hydrogens (tertiary/aromatic N) is 1. The van der Waals surface area contributed by atoms with Gasteiger partial charge in [-0.15, -0.1) is 0 Å². The van der Waals surface area contributed by atoms with Gasteiger partial charge < -0.3 is 14.4 Å². The topological polar surface area (TPSA) is 38.8 Å². The Morgan fingerprint density at radius 3 is 2.50 bits per heavy atom. The molecule has 0 aromatic carbocycles. The first kappa shape index (κ1) is 11.0. The molecule has 0 heterocycles. The van der Waals surface area contributed by atoms with Gasteiger partial charge >= 0.3 is 0 Å². The van der Waals surface area contributed by atoms with Crippen molar-refractivity contribution in [2.45, 2.75) is 0 Å². The Hall–Kier alpha value is -1.03. The zero-order valence-electron chi connectivity index (χ0n) is 7.74. The fourth-order valence-electron chi connectivity index (χ4n) is 0.599. The van der Waals surface area contributed by atoms with Gasteiger partial charge in [0.05, 0.1) is 6.61 Å². The van der Waals surface area contributed by atoms with E-state index in [-0.39, 0.29) is 0 Å². The first-order valence-corrected chi connectivity index (χ1v) is 3.66. The number of hydrogen-bond donors (Lipinski definition) is 0. The molecule has 12 heavy (non-hydrogen) atoms. The van der Waals surface area contributed by atoms with Gasteiger partial charge in [0.15, 0.2) is 12.0 Å². The van der Waals surface area contributed by atoms with E-state index in [9.17, 15) is 4.79 Å². The second-order valence-electron chi connectivity index (χ2n) is 2.45. The summed E-state index contributed by atoms with van der Waals surface area (Å²) in [6, 6.07) is 0. The van der Waals surface area contributed by atoms with Crippen molar-refractivity contribution in [3.05, 3.63) is 12.0 Å². The van der Waals surface area contributed by atoms with Crippen LogP contribution in [0.25, 0.3) is 0 Å². The molecule has 0 N–H and O–H groups in total. The molecule has 70 valence electrons. The highest BCUT2D eigenvalue weighted by Gasteiger charge is 1.95. The Balaban J connectivity index is 3.75. The van der Waals surface area contributed by atoms with Crippen molar-refractivity contribution < 1.29 is 14.3 Å². The molecule has 0 aliphatic carbocycles. The lowest BCUT2D eigenvalue weighted by Gasteiger charge is -2.08. The van der Waals surface area contributed by atoms with E-state index in [1.165, 1.54) is 0 Å². The summed E-state index contributed by atoms with van der Waals surface area (Å²) >= 11 is 0. The molecule has 0 saturated heterocycles. The lowest BCUT2D eigenvalue weighted by molar-refractivity contribution is -0.108. The zero-order valence-corrected chi connectivity index (χ0v) is 7.74. The number of carbonyl (C=O) groups is 1. The van der Waals surface area contributed by atoms with E-state index in [0.29, 0.717) is 25.3 Å². The van der Waals surface area contributed by atoms with Crippen LogP contribution in [0.15, 0.2) is 12.0 Å². The molecular weight excluding hydrogens is 158 g/mol. The van der Waals surface area contributed by atoms with E-state index in [2.05, 4.69) is 0 Å². The van der Waals surface area contributed by atoms with Crippen LogP contribution in [-0.4, -0.2) is 45.6 Å². The highest BCUT2D eigenvalue weighted by Crippen LogP contribution is 1.93. The smallest absolute Gasteiger partial charge is 0.186 e. The third kappa shape index (κ3) is 5.73. The number of methoxy groups -OCH3 is 1. The normalized spacial score (nSPS) is 11.1. The van der Waals surface area contributed by atoms with Crippen LogP contribution < -0.4 is 0 Å².